The highest BCUT2D eigenvalue weighted by atomic mass is 16.1. The summed E-state index contributed by atoms with van der Waals surface area (Å²) in [5.74, 6) is 0.743. The van der Waals surface area contributed by atoms with Crippen LogP contribution in [0.1, 0.15) is 29.7 Å². The van der Waals surface area contributed by atoms with E-state index in [-0.39, 0.29) is 5.56 Å². The van der Waals surface area contributed by atoms with Crippen LogP contribution in [0.5, 0.6) is 0 Å². The minimum Gasteiger partial charge on any atom is -0.280 e. The highest BCUT2D eigenvalue weighted by molar-refractivity contribution is 5.85. The van der Waals surface area contributed by atoms with Crippen LogP contribution in [0.15, 0.2) is 53.3 Å². The van der Waals surface area contributed by atoms with E-state index < -0.39 is 0 Å². The van der Waals surface area contributed by atoms with Crippen LogP contribution >= 0.6 is 0 Å². The quantitative estimate of drug-likeness (QED) is 0.695. The van der Waals surface area contributed by atoms with E-state index in [0.29, 0.717) is 0 Å². The summed E-state index contributed by atoms with van der Waals surface area (Å²) < 4.78 is 1.95. The zero-order valence-electron chi connectivity index (χ0n) is 13.7. The van der Waals surface area contributed by atoms with Crippen LogP contribution in [0, 0.1) is 19.8 Å². The lowest BCUT2D eigenvalue weighted by molar-refractivity contribution is 0.761. The van der Waals surface area contributed by atoms with Gasteiger partial charge in [-0.05, 0) is 67.7 Å². The number of hydrogen-bond acceptors (Lipinski definition) is 1. The van der Waals surface area contributed by atoms with Crippen LogP contribution in [0.3, 0.4) is 0 Å². The molecule has 0 bridgehead atoms. The van der Waals surface area contributed by atoms with Crippen molar-refractivity contribution in [3.8, 4) is 5.69 Å². The van der Waals surface area contributed by atoms with Gasteiger partial charge in [-0.25, -0.2) is 0 Å². The SMILES string of the molecule is Cc1ccccc1-n1c(CC2CC2)cc2cccc(C)c2c1=O. The molecule has 0 saturated heterocycles. The van der Waals surface area contributed by atoms with Crippen LogP contribution in [0.25, 0.3) is 16.5 Å². The van der Waals surface area contributed by atoms with Gasteiger partial charge in [-0.3, -0.25) is 9.36 Å². The van der Waals surface area contributed by atoms with Crippen molar-refractivity contribution in [3.05, 3.63) is 75.7 Å². The molecule has 1 aliphatic rings. The molecule has 4 rings (SSSR count). The molecule has 1 fully saturated rings. The number of hydrogen-bond donors (Lipinski definition) is 0. The summed E-state index contributed by atoms with van der Waals surface area (Å²) in [5, 5.41) is 1.91. The molecule has 1 aromatic heterocycles. The normalized spacial score (nSPS) is 14.3. The second kappa shape index (κ2) is 5.38. The molecule has 0 atom stereocenters. The van der Waals surface area contributed by atoms with Crippen LogP contribution < -0.4 is 5.56 Å². The van der Waals surface area contributed by atoms with Gasteiger partial charge < -0.3 is 0 Å². The highest BCUT2D eigenvalue weighted by Crippen LogP contribution is 2.33. The molecule has 3 aromatic rings. The van der Waals surface area contributed by atoms with E-state index in [0.717, 1.165) is 45.6 Å². The minimum absolute atomic E-state index is 0.116. The number of para-hydroxylation sites is 1. The maximum absolute atomic E-state index is 13.3. The summed E-state index contributed by atoms with van der Waals surface area (Å²) in [6.45, 7) is 4.09. The molecule has 2 heteroatoms. The van der Waals surface area contributed by atoms with E-state index in [2.05, 4.69) is 31.2 Å². The number of benzene rings is 2. The van der Waals surface area contributed by atoms with Gasteiger partial charge in [0.15, 0.2) is 0 Å². The molecule has 0 spiro atoms. The van der Waals surface area contributed by atoms with Gasteiger partial charge in [0.25, 0.3) is 5.56 Å². The van der Waals surface area contributed by atoms with Crippen LogP contribution in [-0.4, -0.2) is 4.57 Å². The largest absolute Gasteiger partial charge is 0.280 e. The van der Waals surface area contributed by atoms with Crippen molar-refractivity contribution < 1.29 is 0 Å². The van der Waals surface area contributed by atoms with Crippen molar-refractivity contribution >= 4 is 10.8 Å². The van der Waals surface area contributed by atoms with E-state index in [9.17, 15) is 4.79 Å². The van der Waals surface area contributed by atoms with E-state index in [4.69, 9.17) is 0 Å². The second-order valence-electron chi connectivity index (χ2n) is 6.75. The first-order valence-electron chi connectivity index (χ1n) is 8.35. The Morgan fingerprint density at radius 3 is 2.48 bits per heavy atom. The summed E-state index contributed by atoms with van der Waals surface area (Å²) >= 11 is 0. The van der Waals surface area contributed by atoms with Gasteiger partial charge in [0.1, 0.15) is 0 Å². The average molecular weight is 303 g/mol. The Kier molecular flexibility index (Phi) is 3.33. The van der Waals surface area contributed by atoms with Gasteiger partial charge in [0.05, 0.1) is 11.1 Å². The van der Waals surface area contributed by atoms with E-state index in [1.165, 1.54) is 12.8 Å². The highest BCUT2D eigenvalue weighted by Gasteiger charge is 2.24. The Bertz CT molecular complexity index is 948. The Labute approximate surface area is 136 Å². The topological polar surface area (TPSA) is 22.0 Å². The van der Waals surface area contributed by atoms with E-state index >= 15 is 0 Å². The summed E-state index contributed by atoms with van der Waals surface area (Å²) in [5.41, 5.74) is 4.46. The lowest BCUT2D eigenvalue weighted by Gasteiger charge is -2.17. The molecular formula is C21H21NO. The Balaban J connectivity index is 2.07. The molecule has 116 valence electrons. The smallest absolute Gasteiger partial charge is 0.263 e. The first-order chi connectivity index (χ1) is 11.1. The number of aromatic nitrogens is 1. The van der Waals surface area contributed by atoms with Gasteiger partial charge in [0.2, 0.25) is 0 Å². The molecule has 2 aromatic carbocycles. The Hall–Kier alpha value is -2.35. The van der Waals surface area contributed by atoms with Crippen molar-refractivity contribution in [1.29, 1.82) is 0 Å². The summed E-state index contributed by atoms with van der Waals surface area (Å²) in [6.07, 6.45) is 3.56. The molecule has 1 heterocycles. The van der Waals surface area contributed by atoms with Gasteiger partial charge in [-0.2, -0.15) is 0 Å². The van der Waals surface area contributed by atoms with Gasteiger partial charge >= 0.3 is 0 Å². The number of fused-ring (bicyclic) bond motifs is 1. The molecule has 0 amide bonds. The molecule has 0 aliphatic heterocycles. The Morgan fingerprint density at radius 2 is 1.74 bits per heavy atom. The number of nitrogens with zero attached hydrogens (tertiary/aromatic N) is 1. The molecular weight excluding hydrogens is 282 g/mol. The standard InChI is InChI=1S/C21H21NO/c1-14-6-3-4-9-19(14)22-18(12-16-10-11-16)13-17-8-5-7-15(2)20(17)21(22)23/h3-9,13,16H,10-12H2,1-2H3. The fourth-order valence-electron chi connectivity index (χ4n) is 3.44. The van der Waals surface area contributed by atoms with Crippen molar-refractivity contribution in [2.24, 2.45) is 5.92 Å². The fourth-order valence-corrected chi connectivity index (χ4v) is 3.44. The third kappa shape index (κ3) is 2.48. The summed E-state index contributed by atoms with van der Waals surface area (Å²) in [4.78, 5) is 13.3. The second-order valence-corrected chi connectivity index (χ2v) is 6.75. The average Bonchev–Trinajstić information content (AvgIpc) is 3.33. The lowest BCUT2D eigenvalue weighted by Crippen LogP contribution is -2.23. The van der Waals surface area contributed by atoms with Crippen LogP contribution in [0.4, 0.5) is 0 Å². The monoisotopic (exact) mass is 303 g/mol. The zero-order valence-corrected chi connectivity index (χ0v) is 13.7. The van der Waals surface area contributed by atoms with E-state index in [1.807, 2.05) is 35.8 Å². The summed E-state index contributed by atoms with van der Waals surface area (Å²) in [7, 11) is 0. The minimum atomic E-state index is 0.116. The fraction of sp³-hybridized carbons (Fsp3) is 0.286. The number of pyridine rings is 1. The summed E-state index contributed by atoms with van der Waals surface area (Å²) in [6, 6.07) is 16.5. The number of aryl methyl sites for hydroxylation is 2. The van der Waals surface area contributed by atoms with Crippen molar-refractivity contribution in [2.45, 2.75) is 33.1 Å². The number of rotatable bonds is 3. The van der Waals surface area contributed by atoms with Crippen molar-refractivity contribution in [1.82, 2.24) is 4.57 Å². The van der Waals surface area contributed by atoms with Gasteiger partial charge in [-0.15, -0.1) is 0 Å². The molecule has 1 aliphatic carbocycles. The van der Waals surface area contributed by atoms with Gasteiger partial charge in [-0.1, -0.05) is 36.4 Å². The predicted molar refractivity (Wildman–Crippen MR) is 95.4 cm³/mol. The van der Waals surface area contributed by atoms with Gasteiger partial charge in [0, 0.05) is 5.69 Å². The first-order valence-corrected chi connectivity index (χ1v) is 8.35. The Morgan fingerprint density at radius 1 is 1.00 bits per heavy atom. The van der Waals surface area contributed by atoms with E-state index in [1.54, 1.807) is 0 Å². The molecule has 23 heavy (non-hydrogen) atoms. The first kappa shape index (κ1) is 14.3. The zero-order chi connectivity index (χ0) is 16.0. The van der Waals surface area contributed by atoms with Crippen molar-refractivity contribution in [2.75, 3.05) is 0 Å². The van der Waals surface area contributed by atoms with Crippen LogP contribution in [0.2, 0.25) is 0 Å². The lowest BCUT2D eigenvalue weighted by atomic mass is 10.0. The maximum Gasteiger partial charge on any atom is 0.263 e. The third-order valence-corrected chi connectivity index (χ3v) is 4.88. The molecule has 1 saturated carbocycles. The maximum atomic E-state index is 13.3. The third-order valence-electron chi connectivity index (χ3n) is 4.88. The molecule has 0 N–H and O–H groups in total. The molecule has 0 unspecified atom stereocenters. The van der Waals surface area contributed by atoms with Crippen LogP contribution in [-0.2, 0) is 6.42 Å². The predicted octanol–water partition coefficient (Wildman–Crippen LogP) is 4.56. The molecule has 0 radical (unpaired) electrons. The van der Waals surface area contributed by atoms with Crippen molar-refractivity contribution in [3.63, 3.8) is 0 Å². The molecule has 2 nitrogen and oxygen atoms in total.